The maximum Gasteiger partial charge on any atom is 0.135 e. The Morgan fingerprint density at radius 3 is 2.77 bits per heavy atom. The van der Waals surface area contributed by atoms with Gasteiger partial charge in [0.15, 0.2) is 0 Å². The van der Waals surface area contributed by atoms with Gasteiger partial charge in [0.1, 0.15) is 16.6 Å². The fraction of sp³-hybridized carbons (Fsp3) is 0.250. The number of hydrogen-bond donors (Lipinski definition) is 3. The van der Waals surface area contributed by atoms with E-state index < -0.39 is 6.10 Å². The van der Waals surface area contributed by atoms with E-state index in [1.807, 2.05) is 35.7 Å². The molecule has 2 heterocycles. The third kappa shape index (κ3) is 2.75. The van der Waals surface area contributed by atoms with Gasteiger partial charge in [-0.05, 0) is 6.92 Å². The molecule has 0 amide bonds. The van der Waals surface area contributed by atoms with Crippen LogP contribution in [0, 0.1) is 5.41 Å². The minimum absolute atomic E-state index is 0.139. The van der Waals surface area contributed by atoms with Crippen molar-refractivity contribution in [3.05, 3.63) is 46.5 Å². The molecular weight excluding hydrogens is 298 g/mol. The molecule has 1 aliphatic rings. The fourth-order valence-corrected chi connectivity index (χ4v) is 3.36. The Bertz CT molecular complexity index is 722. The molecule has 3 N–H and O–H groups in total. The van der Waals surface area contributed by atoms with E-state index in [-0.39, 0.29) is 18.1 Å². The Balaban J connectivity index is 1.87. The molecule has 22 heavy (non-hydrogen) atoms. The van der Waals surface area contributed by atoms with Crippen molar-refractivity contribution in [3.8, 4) is 11.3 Å². The highest BCUT2D eigenvalue weighted by atomic mass is 32.1. The number of nitrogens with one attached hydrogen (secondary N) is 1. The monoisotopic (exact) mass is 315 g/mol. The number of aromatic nitrogens is 1. The first-order valence-corrected chi connectivity index (χ1v) is 7.89. The molecule has 6 heteroatoms. The van der Waals surface area contributed by atoms with Crippen molar-refractivity contribution in [2.24, 2.45) is 0 Å². The van der Waals surface area contributed by atoms with E-state index in [1.54, 1.807) is 11.8 Å². The Kier molecular flexibility index (Phi) is 3.96. The predicted molar refractivity (Wildman–Crippen MR) is 88.1 cm³/mol. The van der Waals surface area contributed by atoms with E-state index in [2.05, 4.69) is 4.98 Å². The molecule has 0 spiro atoms. The number of aliphatic hydroxyl groups is 2. The van der Waals surface area contributed by atoms with Crippen molar-refractivity contribution < 1.29 is 10.2 Å². The summed E-state index contributed by atoms with van der Waals surface area (Å²) in [4.78, 5) is 6.20. The molecule has 5 nitrogen and oxygen atoms in total. The van der Waals surface area contributed by atoms with Crippen LogP contribution in [-0.2, 0) is 0 Å². The second-order valence-corrected chi connectivity index (χ2v) is 6.16. The van der Waals surface area contributed by atoms with E-state index in [1.165, 1.54) is 11.3 Å². The van der Waals surface area contributed by atoms with E-state index in [0.29, 0.717) is 17.1 Å². The lowest BCUT2D eigenvalue weighted by atomic mass is 10.2. The zero-order valence-electron chi connectivity index (χ0n) is 12.2. The minimum atomic E-state index is -0.552. The van der Waals surface area contributed by atoms with Crippen LogP contribution in [0.4, 0.5) is 0 Å². The van der Waals surface area contributed by atoms with Crippen LogP contribution in [0.15, 0.2) is 41.5 Å². The Morgan fingerprint density at radius 2 is 2.09 bits per heavy atom. The van der Waals surface area contributed by atoms with Crippen molar-refractivity contribution >= 4 is 22.7 Å². The number of β-amino-alcohol motifs (C(OH)–C–C–N with tert-alkyl or cyclic N) is 1. The van der Waals surface area contributed by atoms with Gasteiger partial charge in [-0.1, -0.05) is 30.3 Å². The first-order valence-electron chi connectivity index (χ1n) is 7.01. The molecule has 3 rings (SSSR count). The summed E-state index contributed by atoms with van der Waals surface area (Å²) in [6.45, 7) is 2.24. The van der Waals surface area contributed by atoms with Gasteiger partial charge in [-0.2, -0.15) is 0 Å². The molecule has 0 saturated carbocycles. The van der Waals surface area contributed by atoms with Crippen LogP contribution in [0.1, 0.15) is 11.9 Å². The molecule has 0 saturated heterocycles. The highest BCUT2D eigenvalue weighted by Gasteiger charge is 2.30. The smallest absolute Gasteiger partial charge is 0.135 e. The van der Waals surface area contributed by atoms with Crippen LogP contribution in [0.3, 0.4) is 0 Å². The molecule has 1 aliphatic heterocycles. The summed E-state index contributed by atoms with van der Waals surface area (Å²) >= 11 is 1.41. The molecule has 1 atom stereocenters. The normalized spacial score (nSPS) is 16.5. The third-order valence-corrected chi connectivity index (χ3v) is 4.31. The summed E-state index contributed by atoms with van der Waals surface area (Å²) in [5.41, 5.74) is 2.31. The predicted octanol–water partition coefficient (Wildman–Crippen LogP) is 2.75. The number of nitrogens with zero attached hydrogens (tertiary/aromatic N) is 2. The van der Waals surface area contributed by atoms with Gasteiger partial charge in [0.05, 0.1) is 23.9 Å². The quantitative estimate of drug-likeness (QED) is 0.810. The number of aliphatic hydroxyl groups excluding tert-OH is 2. The van der Waals surface area contributed by atoms with Crippen molar-refractivity contribution in [3.63, 3.8) is 0 Å². The van der Waals surface area contributed by atoms with Gasteiger partial charge in [0, 0.05) is 17.5 Å². The van der Waals surface area contributed by atoms with Crippen molar-refractivity contribution in [1.29, 1.82) is 5.41 Å². The topological polar surface area (TPSA) is 80.4 Å². The van der Waals surface area contributed by atoms with E-state index in [4.69, 9.17) is 5.41 Å². The molecule has 0 radical (unpaired) electrons. The second kappa shape index (κ2) is 5.90. The largest absolute Gasteiger partial charge is 0.510 e. The van der Waals surface area contributed by atoms with Crippen molar-refractivity contribution in [2.45, 2.75) is 13.0 Å². The number of amidine groups is 1. The number of thiazole rings is 1. The van der Waals surface area contributed by atoms with Gasteiger partial charge in [0.2, 0.25) is 0 Å². The zero-order valence-corrected chi connectivity index (χ0v) is 13.0. The zero-order chi connectivity index (χ0) is 15.7. The van der Waals surface area contributed by atoms with Crippen molar-refractivity contribution in [1.82, 2.24) is 9.88 Å². The summed E-state index contributed by atoms with van der Waals surface area (Å²) in [6.07, 6.45) is -0.552. The third-order valence-electron chi connectivity index (χ3n) is 3.45. The van der Waals surface area contributed by atoms with E-state index in [9.17, 15) is 10.2 Å². The first-order chi connectivity index (χ1) is 10.6. The lowest BCUT2D eigenvalue weighted by molar-refractivity contribution is 0.160. The minimum Gasteiger partial charge on any atom is -0.510 e. The molecule has 0 aliphatic carbocycles. The van der Waals surface area contributed by atoms with Gasteiger partial charge in [0.25, 0.3) is 0 Å². The van der Waals surface area contributed by atoms with Crippen molar-refractivity contribution in [2.75, 3.05) is 13.1 Å². The van der Waals surface area contributed by atoms with Gasteiger partial charge >= 0.3 is 0 Å². The summed E-state index contributed by atoms with van der Waals surface area (Å²) in [5, 5.41) is 30.4. The highest BCUT2D eigenvalue weighted by Crippen LogP contribution is 2.32. The highest BCUT2D eigenvalue weighted by molar-refractivity contribution is 7.11. The standard InChI is InChI=1S/C16H17N3O2S/c1-10(20)7-19-8-13(21)14(15(19)17)16-18-12(9-22-16)11-5-3-2-4-6-11/h2-6,9-10,17,20-21H,7-8H2,1H3/t10-/m0/s1. The van der Waals surface area contributed by atoms with Crippen LogP contribution in [0.25, 0.3) is 16.8 Å². The Labute approximate surface area is 132 Å². The molecule has 0 bridgehead atoms. The average Bonchev–Trinajstić information content (AvgIpc) is 3.05. The lowest BCUT2D eigenvalue weighted by Crippen LogP contribution is -2.33. The van der Waals surface area contributed by atoms with Crippen LogP contribution in [0.2, 0.25) is 0 Å². The Morgan fingerprint density at radius 1 is 1.36 bits per heavy atom. The molecule has 0 unspecified atom stereocenters. The molecule has 2 aromatic rings. The van der Waals surface area contributed by atoms with Crippen LogP contribution in [0.5, 0.6) is 0 Å². The summed E-state index contributed by atoms with van der Waals surface area (Å²) < 4.78 is 0. The van der Waals surface area contributed by atoms with E-state index in [0.717, 1.165) is 11.3 Å². The van der Waals surface area contributed by atoms with Gasteiger partial charge in [-0.25, -0.2) is 4.98 Å². The maximum atomic E-state index is 10.2. The fourth-order valence-electron chi connectivity index (χ4n) is 2.46. The molecule has 1 aromatic heterocycles. The van der Waals surface area contributed by atoms with E-state index >= 15 is 0 Å². The number of hydrogen-bond acceptors (Lipinski definition) is 5. The summed E-state index contributed by atoms with van der Waals surface area (Å²) in [6, 6.07) is 9.81. The second-order valence-electron chi connectivity index (χ2n) is 5.30. The summed E-state index contributed by atoms with van der Waals surface area (Å²) in [7, 11) is 0. The van der Waals surface area contributed by atoms with Gasteiger partial charge in [-0.15, -0.1) is 11.3 Å². The SMILES string of the molecule is C[C@H](O)CN1CC(O)=C(c2nc(-c3ccccc3)cs2)C1=N. The Hall–Kier alpha value is -2.18. The average molecular weight is 315 g/mol. The first kappa shape index (κ1) is 14.7. The van der Waals surface area contributed by atoms with Crippen LogP contribution in [-0.4, -0.2) is 45.1 Å². The number of benzene rings is 1. The van der Waals surface area contributed by atoms with Gasteiger partial charge < -0.3 is 15.1 Å². The maximum absolute atomic E-state index is 10.2. The van der Waals surface area contributed by atoms with Crippen LogP contribution >= 0.6 is 11.3 Å². The molecule has 114 valence electrons. The lowest BCUT2D eigenvalue weighted by Gasteiger charge is -2.19. The number of rotatable bonds is 4. The summed E-state index contributed by atoms with van der Waals surface area (Å²) in [5.74, 6) is 0.354. The molecule has 0 fully saturated rings. The molecular formula is C16H17N3O2S. The van der Waals surface area contributed by atoms with Crippen LogP contribution < -0.4 is 0 Å². The molecule has 1 aromatic carbocycles. The van der Waals surface area contributed by atoms with Gasteiger partial charge in [-0.3, -0.25) is 5.41 Å².